The fraction of sp³-hybridized carbons (Fsp3) is 0.222. The molecule has 1 aromatic heterocycles. The van der Waals surface area contributed by atoms with Crippen LogP contribution in [0.4, 0.5) is 10.1 Å². The maximum Gasteiger partial charge on any atom is 0.185 e. The summed E-state index contributed by atoms with van der Waals surface area (Å²) < 4.78 is 15.0. The Balaban J connectivity index is 2.58. The summed E-state index contributed by atoms with van der Waals surface area (Å²) in [5, 5.41) is 11.0. The summed E-state index contributed by atoms with van der Waals surface area (Å²) in [5.74, 6) is 0.0102. The second-order valence-electron chi connectivity index (χ2n) is 3.06. The summed E-state index contributed by atoms with van der Waals surface area (Å²) in [7, 11) is 0. The van der Waals surface area contributed by atoms with Gasteiger partial charge in [0, 0.05) is 12.2 Å². The van der Waals surface area contributed by atoms with E-state index in [1.807, 2.05) is 6.92 Å². The van der Waals surface area contributed by atoms with Crippen molar-refractivity contribution in [2.24, 2.45) is 0 Å². The summed E-state index contributed by atoms with van der Waals surface area (Å²) in [6.45, 7) is 2.46. The Morgan fingerprint density at radius 1 is 1.47 bits per heavy atom. The van der Waals surface area contributed by atoms with E-state index in [-0.39, 0.29) is 5.82 Å². The van der Waals surface area contributed by atoms with Crippen LogP contribution in [0.2, 0.25) is 0 Å². The lowest BCUT2D eigenvalue weighted by molar-refractivity contribution is 0.613. The van der Waals surface area contributed by atoms with Crippen LogP contribution in [0.15, 0.2) is 18.2 Å². The third-order valence-corrected chi connectivity index (χ3v) is 2.06. The molecule has 2 N–H and O–H groups in total. The van der Waals surface area contributed by atoms with Gasteiger partial charge in [0.25, 0.3) is 0 Å². The maximum atomic E-state index is 13.5. The zero-order valence-corrected chi connectivity index (χ0v) is 8.18. The predicted molar refractivity (Wildman–Crippen MR) is 53.3 cm³/mol. The van der Waals surface area contributed by atoms with E-state index in [9.17, 15) is 4.39 Å². The highest BCUT2D eigenvalue weighted by atomic mass is 19.1. The number of nitrogens with zero attached hydrogens (tertiary/aromatic N) is 4. The summed E-state index contributed by atoms with van der Waals surface area (Å²) >= 11 is 0. The second kappa shape index (κ2) is 3.64. The lowest BCUT2D eigenvalue weighted by Crippen LogP contribution is -2.01. The minimum atomic E-state index is -0.381. The quantitative estimate of drug-likeness (QED) is 0.748. The molecule has 0 aliphatic carbocycles. The van der Waals surface area contributed by atoms with Crippen molar-refractivity contribution < 1.29 is 4.39 Å². The monoisotopic (exact) mass is 207 g/mol. The lowest BCUT2D eigenvalue weighted by atomic mass is 10.2. The van der Waals surface area contributed by atoms with E-state index >= 15 is 0 Å². The number of tetrazole rings is 1. The van der Waals surface area contributed by atoms with Gasteiger partial charge in [-0.2, -0.15) is 0 Å². The third-order valence-electron chi connectivity index (χ3n) is 2.06. The van der Waals surface area contributed by atoms with Crippen molar-refractivity contribution in [2.75, 3.05) is 5.73 Å². The van der Waals surface area contributed by atoms with Crippen LogP contribution in [-0.2, 0) is 6.54 Å². The SMILES string of the molecule is CCn1nnnc1-c1cc(N)ccc1F. The molecule has 0 aliphatic heterocycles. The molecule has 0 spiro atoms. The van der Waals surface area contributed by atoms with Gasteiger partial charge < -0.3 is 5.73 Å². The number of halogens is 1. The van der Waals surface area contributed by atoms with Crippen molar-refractivity contribution in [2.45, 2.75) is 13.5 Å². The molecule has 0 atom stereocenters. The minimum Gasteiger partial charge on any atom is -0.399 e. The molecule has 0 unspecified atom stereocenters. The van der Waals surface area contributed by atoms with Crippen LogP contribution in [0.1, 0.15) is 6.92 Å². The van der Waals surface area contributed by atoms with Gasteiger partial charge in [-0.05, 0) is 35.5 Å². The Morgan fingerprint density at radius 2 is 2.27 bits per heavy atom. The summed E-state index contributed by atoms with van der Waals surface area (Å²) in [5.41, 5.74) is 6.39. The first-order valence-electron chi connectivity index (χ1n) is 4.54. The number of rotatable bonds is 2. The van der Waals surface area contributed by atoms with Gasteiger partial charge in [-0.15, -0.1) is 5.10 Å². The van der Waals surface area contributed by atoms with Gasteiger partial charge in [0.2, 0.25) is 0 Å². The molecule has 15 heavy (non-hydrogen) atoms. The molecule has 1 aromatic carbocycles. The molecule has 2 aromatic rings. The number of nitrogens with two attached hydrogens (primary N) is 1. The van der Waals surface area contributed by atoms with Gasteiger partial charge >= 0.3 is 0 Å². The van der Waals surface area contributed by atoms with E-state index in [0.29, 0.717) is 23.6 Å². The molecule has 5 nitrogen and oxygen atoms in total. The molecular formula is C9H10FN5. The predicted octanol–water partition coefficient (Wildman–Crippen LogP) is 1.08. The Bertz CT molecular complexity index is 479. The number of hydrogen-bond donors (Lipinski definition) is 1. The van der Waals surface area contributed by atoms with Gasteiger partial charge in [-0.3, -0.25) is 0 Å². The second-order valence-corrected chi connectivity index (χ2v) is 3.06. The largest absolute Gasteiger partial charge is 0.399 e. The van der Waals surface area contributed by atoms with Crippen LogP contribution in [0.3, 0.4) is 0 Å². The smallest absolute Gasteiger partial charge is 0.185 e. The van der Waals surface area contributed by atoms with Crippen LogP contribution >= 0.6 is 0 Å². The first-order chi connectivity index (χ1) is 7.22. The highest BCUT2D eigenvalue weighted by Gasteiger charge is 2.12. The van der Waals surface area contributed by atoms with E-state index in [1.54, 1.807) is 0 Å². The fourth-order valence-corrected chi connectivity index (χ4v) is 1.32. The molecule has 0 bridgehead atoms. The van der Waals surface area contributed by atoms with Crippen LogP contribution in [0.25, 0.3) is 11.4 Å². The van der Waals surface area contributed by atoms with Gasteiger partial charge in [0.1, 0.15) is 5.82 Å². The van der Waals surface area contributed by atoms with Crippen LogP contribution in [0, 0.1) is 5.82 Å². The van der Waals surface area contributed by atoms with E-state index in [1.165, 1.54) is 22.9 Å². The van der Waals surface area contributed by atoms with Crippen LogP contribution in [-0.4, -0.2) is 20.2 Å². The van der Waals surface area contributed by atoms with E-state index in [0.717, 1.165) is 0 Å². The number of aryl methyl sites for hydroxylation is 1. The molecule has 1 heterocycles. The molecule has 0 saturated carbocycles. The summed E-state index contributed by atoms with van der Waals surface area (Å²) in [6, 6.07) is 4.32. The van der Waals surface area contributed by atoms with Crippen LogP contribution < -0.4 is 5.73 Å². The first-order valence-corrected chi connectivity index (χ1v) is 4.54. The van der Waals surface area contributed by atoms with Gasteiger partial charge in [0.05, 0.1) is 5.56 Å². The number of nitrogen functional groups attached to an aromatic ring is 1. The Hall–Kier alpha value is -1.98. The van der Waals surface area contributed by atoms with Crippen molar-refractivity contribution in [3.8, 4) is 11.4 Å². The lowest BCUT2D eigenvalue weighted by Gasteiger charge is -2.03. The van der Waals surface area contributed by atoms with Gasteiger partial charge in [-0.25, -0.2) is 9.07 Å². The van der Waals surface area contributed by atoms with Crippen LogP contribution in [0.5, 0.6) is 0 Å². The number of hydrogen-bond acceptors (Lipinski definition) is 4. The van der Waals surface area contributed by atoms with Crippen molar-refractivity contribution in [1.29, 1.82) is 0 Å². The first kappa shape index (κ1) is 9.57. The Morgan fingerprint density at radius 3 is 3.00 bits per heavy atom. The third kappa shape index (κ3) is 1.65. The molecule has 0 saturated heterocycles. The fourth-order valence-electron chi connectivity index (χ4n) is 1.32. The molecule has 0 radical (unpaired) electrons. The average Bonchev–Trinajstić information content (AvgIpc) is 2.69. The zero-order valence-electron chi connectivity index (χ0n) is 8.18. The van der Waals surface area contributed by atoms with Crippen molar-refractivity contribution in [3.63, 3.8) is 0 Å². The molecule has 0 amide bonds. The highest BCUT2D eigenvalue weighted by molar-refractivity contribution is 5.61. The standard InChI is InChI=1S/C9H10FN5/c1-2-15-9(12-13-14-15)7-5-6(11)3-4-8(7)10/h3-5H,2,11H2,1H3. The molecule has 0 aliphatic rings. The topological polar surface area (TPSA) is 69.6 Å². The molecule has 6 heteroatoms. The molecular weight excluding hydrogens is 197 g/mol. The number of aromatic nitrogens is 4. The van der Waals surface area contributed by atoms with Gasteiger partial charge in [-0.1, -0.05) is 0 Å². The highest BCUT2D eigenvalue weighted by Crippen LogP contribution is 2.22. The summed E-state index contributed by atoms with van der Waals surface area (Å²) in [4.78, 5) is 0. The van der Waals surface area contributed by atoms with E-state index in [4.69, 9.17) is 5.73 Å². The van der Waals surface area contributed by atoms with Crippen molar-refractivity contribution in [3.05, 3.63) is 24.0 Å². The molecule has 2 rings (SSSR count). The minimum absolute atomic E-state index is 0.321. The normalized spacial score (nSPS) is 10.5. The van der Waals surface area contributed by atoms with Gasteiger partial charge in [0.15, 0.2) is 5.82 Å². The average molecular weight is 207 g/mol. The van der Waals surface area contributed by atoms with E-state index < -0.39 is 0 Å². The Labute approximate surface area is 85.7 Å². The molecule has 78 valence electrons. The van der Waals surface area contributed by atoms with E-state index in [2.05, 4.69) is 15.5 Å². The Kier molecular flexibility index (Phi) is 2.32. The molecule has 0 fully saturated rings. The summed E-state index contributed by atoms with van der Waals surface area (Å²) in [6.07, 6.45) is 0. The van der Waals surface area contributed by atoms with Crippen molar-refractivity contribution in [1.82, 2.24) is 20.2 Å². The zero-order chi connectivity index (χ0) is 10.8. The number of benzene rings is 1. The van der Waals surface area contributed by atoms with Crippen molar-refractivity contribution >= 4 is 5.69 Å². The number of anilines is 1. The maximum absolute atomic E-state index is 13.5.